The first-order valence-corrected chi connectivity index (χ1v) is 7.88. The molecule has 120 valence electrons. The molecule has 2 aliphatic rings. The summed E-state index contributed by atoms with van der Waals surface area (Å²) in [6, 6.07) is 12.0. The topological polar surface area (TPSA) is 74.3 Å². The zero-order valence-corrected chi connectivity index (χ0v) is 13.1. The summed E-state index contributed by atoms with van der Waals surface area (Å²) < 4.78 is 5.58. The molecule has 0 atom stereocenters. The van der Waals surface area contributed by atoms with Crippen LogP contribution in [-0.4, -0.2) is 31.0 Å². The minimum Gasteiger partial charge on any atom is -0.464 e. The van der Waals surface area contributed by atoms with Crippen LogP contribution in [0.25, 0.3) is 16.9 Å². The molecule has 0 saturated carbocycles. The number of allylic oxidation sites excluding steroid dienone is 1. The van der Waals surface area contributed by atoms with Crippen molar-refractivity contribution in [3.05, 3.63) is 54.4 Å². The van der Waals surface area contributed by atoms with E-state index in [0.717, 1.165) is 41.3 Å². The predicted molar refractivity (Wildman–Crippen MR) is 96.1 cm³/mol. The standard InChI is InChI=1S/C18H17N5O/c1-2-5-14(17-6-3-11-24-17)13(4-1)15-12-19-8-7-16(15)22-23-18-20-9-10-21-18/h1-6,8,11-12H,7,9-10H2,(H2,20,21,23). The van der Waals surface area contributed by atoms with Crippen LogP contribution in [0.15, 0.2) is 68.4 Å². The Morgan fingerprint density at radius 1 is 1.12 bits per heavy atom. The highest BCUT2D eigenvalue weighted by atomic mass is 16.3. The van der Waals surface area contributed by atoms with Gasteiger partial charge in [-0.05, 0) is 17.7 Å². The second-order valence-electron chi connectivity index (χ2n) is 5.43. The molecular formula is C18H17N5O. The van der Waals surface area contributed by atoms with Crippen LogP contribution in [0.5, 0.6) is 0 Å². The van der Waals surface area contributed by atoms with Gasteiger partial charge in [-0.2, -0.15) is 5.10 Å². The molecule has 2 aliphatic heterocycles. The SMILES string of the molecule is C1=NC=C(c2ccccc2-c2ccco2)C(=NNC2=NCCN2)C1. The largest absolute Gasteiger partial charge is 0.464 e. The van der Waals surface area contributed by atoms with Gasteiger partial charge in [0.2, 0.25) is 5.96 Å². The second kappa shape index (κ2) is 6.54. The Morgan fingerprint density at radius 3 is 2.83 bits per heavy atom. The van der Waals surface area contributed by atoms with E-state index in [1.165, 1.54) is 0 Å². The summed E-state index contributed by atoms with van der Waals surface area (Å²) in [4.78, 5) is 8.61. The first-order chi connectivity index (χ1) is 11.9. The van der Waals surface area contributed by atoms with Crippen LogP contribution in [0, 0.1) is 0 Å². The van der Waals surface area contributed by atoms with Crippen LogP contribution in [0.3, 0.4) is 0 Å². The van der Waals surface area contributed by atoms with Gasteiger partial charge >= 0.3 is 0 Å². The monoisotopic (exact) mass is 319 g/mol. The molecule has 0 fully saturated rings. The molecule has 0 amide bonds. The third kappa shape index (κ3) is 2.86. The number of hydrogen-bond acceptors (Lipinski definition) is 6. The molecule has 6 nitrogen and oxygen atoms in total. The van der Waals surface area contributed by atoms with E-state index in [1.807, 2.05) is 42.7 Å². The number of aliphatic imine (C=N–C) groups is 2. The van der Waals surface area contributed by atoms with Gasteiger partial charge in [0.05, 0.1) is 18.5 Å². The number of nitrogens with zero attached hydrogens (tertiary/aromatic N) is 3. The minimum atomic E-state index is 0.665. The molecule has 2 aromatic rings. The molecule has 0 aliphatic carbocycles. The zero-order valence-electron chi connectivity index (χ0n) is 13.1. The Hall–Kier alpha value is -3.15. The van der Waals surface area contributed by atoms with Crippen molar-refractivity contribution in [2.24, 2.45) is 15.1 Å². The van der Waals surface area contributed by atoms with Gasteiger partial charge in [-0.15, -0.1) is 0 Å². The van der Waals surface area contributed by atoms with Gasteiger partial charge < -0.3 is 9.73 Å². The van der Waals surface area contributed by atoms with Gasteiger partial charge in [0.15, 0.2) is 0 Å². The third-order valence-corrected chi connectivity index (χ3v) is 3.88. The third-order valence-electron chi connectivity index (χ3n) is 3.88. The van der Waals surface area contributed by atoms with Crippen LogP contribution in [-0.2, 0) is 0 Å². The number of hydrogen-bond donors (Lipinski definition) is 2. The van der Waals surface area contributed by atoms with Gasteiger partial charge in [-0.25, -0.2) is 10.4 Å². The fourth-order valence-corrected chi connectivity index (χ4v) is 2.74. The smallest absolute Gasteiger partial charge is 0.212 e. The Kier molecular flexibility index (Phi) is 3.93. The lowest BCUT2D eigenvalue weighted by Crippen LogP contribution is -2.31. The van der Waals surface area contributed by atoms with Crippen LogP contribution in [0.2, 0.25) is 0 Å². The van der Waals surface area contributed by atoms with Crippen LogP contribution < -0.4 is 10.7 Å². The fourth-order valence-electron chi connectivity index (χ4n) is 2.74. The van der Waals surface area contributed by atoms with E-state index >= 15 is 0 Å². The maximum absolute atomic E-state index is 5.58. The Morgan fingerprint density at radius 2 is 2.04 bits per heavy atom. The summed E-state index contributed by atoms with van der Waals surface area (Å²) in [5.74, 6) is 1.54. The lowest BCUT2D eigenvalue weighted by Gasteiger charge is -2.15. The molecule has 0 radical (unpaired) electrons. The molecule has 0 spiro atoms. The van der Waals surface area contributed by atoms with Gasteiger partial charge in [0, 0.05) is 36.5 Å². The summed E-state index contributed by atoms with van der Waals surface area (Å²) in [5.41, 5.74) is 6.98. The first-order valence-electron chi connectivity index (χ1n) is 7.88. The number of benzene rings is 1. The van der Waals surface area contributed by atoms with Gasteiger partial charge in [-0.3, -0.25) is 4.99 Å². The molecule has 24 heavy (non-hydrogen) atoms. The summed E-state index contributed by atoms with van der Waals surface area (Å²) in [7, 11) is 0. The molecule has 3 heterocycles. The van der Waals surface area contributed by atoms with E-state index in [1.54, 1.807) is 6.26 Å². The molecule has 0 saturated heterocycles. The highest BCUT2D eigenvalue weighted by Crippen LogP contribution is 2.31. The van der Waals surface area contributed by atoms with Crippen molar-refractivity contribution in [3.8, 4) is 11.3 Å². The van der Waals surface area contributed by atoms with Crippen LogP contribution in [0.1, 0.15) is 12.0 Å². The quantitative estimate of drug-likeness (QED) is 0.854. The van der Waals surface area contributed by atoms with Crippen molar-refractivity contribution in [3.63, 3.8) is 0 Å². The van der Waals surface area contributed by atoms with Gasteiger partial charge in [0.25, 0.3) is 0 Å². The zero-order chi connectivity index (χ0) is 16.2. The van der Waals surface area contributed by atoms with Crippen molar-refractivity contribution in [2.75, 3.05) is 13.1 Å². The summed E-state index contributed by atoms with van der Waals surface area (Å²) >= 11 is 0. The predicted octanol–water partition coefficient (Wildman–Crippen LogP) is 2.67. The van der Waals surface area contributed by atoms with Crippen molar-refractivity contribution < 1.29 is 4.42 Å². The summed E-state index contributed by atoms with van der Waals surface area (Å²) in [6.45, 7) is 1.62. The van der Waals surface area contributed by atoms with Gasteiger partial charge in [-0.1, -0.05) is 24.3 Å². The minimum absolute atomic E-state index is 0.665. The maximum Gasteiger partial charge on any atom is 0.212 e. The molecular weight excluding hydrogens is 302 g/mol. The summed E-state index contributed by atoms with van der Waals surface area (Å²) in [5, 5.41) is 7.68. The number of rotatable bonds is 3. The highest BCUT2D eigenvalue weighted by Gasteiger charge is 2.17. The lowest BCUT2D eigenvalue weighted by molar-refractivity contribution is 0.582. The molecule has 4 rings (SSSR count). The maximum atomic E-state index is 5.58. The van der Waals surface area contributed by atoms with E-state index in [-0.39, 0.29) is 0 Å². The molecule has 2 N–H and O–H groups in total. The fraction of sp³-hybridized carbons (Fsp3) is 0.167. The van der Waals surface area contributed by atoms with Crippen molar-refractivity contribution in [2.45, 2.75) is 6.42 Å². The average Bonchev–Trinajstić information content (AvgIpc) is 3.34. The second-order valence-corrected chi connectivity index (χ2v) is 5.43. The molecule has 1 aromatic carbocycles. The van der Waals surface area contributed by atoms with E-state index in [0.29, 0.717) is 12.4 Å². The van der Waals surface area contributed by atoms with E-state index in [4.69, 9.17) is 4.42 Å². The van der Waals surface area contributed by atoms with E-state index in [2.05, 4.69) is 31.9 Å². The Labute approximate surface area is 139 Å². The number of guanidine groups is 1. The van der Waals surface area contributed by atoms with Crippen molar-refractivity contribution >= 4 is 23.5 Å². The van der Waals surface area contributed by atoms with Gasteiger partial charge in [0.1, 0.15) is 5.76 Å². The molecule has 0 bridgehead atoms. The highest BCUT2D eigenvalue weighted by molar-refractivity contribution is 6.29. The summed E-state index contributed by atoms with van der Waals surface area (Å²) in [6.07, 6.45) is 6.04. The van der Waals surface area contributed by atoms with Crippen LogP contribution in [0.4, 0.5) is 0 Å². The normalized spacial score (nSPS) is 18.2. The Bertz CT molecular complexity index is 846. The Balaban J connectivity index is 1.70. The number of furan rings is 1. The molecule has 6 heteroatoms. The average molecular weight is 319 g/mol. The van der Waals surface area contributed by atoms with Crippen molar-refractivity contribution in [1.82, 2.24) is 10.7 Å². The molecule has 1 aromatic heterocycles. The van der Waals surface area contributed by atoms with Crippen LogP contribution >= 0.6 is 0 Å². The van der Waals surface area contributed by atoms with E-state index in [9.17, 15) is 0 Å². The van der Waals surface area contributed by atoms with Crippen molar-refractivity contribution in [1.29, 1.82) is 0 Å². The van der Waals surface area contributed by atoms with E-state index < -0.39 is 0 Å². The lowest BCUT2D eigenvalue weighted by atomic mass is 9.93. The number of hydrazone groups is 1. The first kappa shape index (κ1) is 14.4. The molecule has 0 unspecified atom stereocenters. The number of nitrogens with one attached hydrogen (secondary N) is 2.